The molecule has 3 N–H and O–H groups in total. The second kappa shape index (κ2) is 8.90. The van der Waals surface area contributed by atoms with Gasteiger partial charge in [0.15, 0.2) is 5.96 Å². The zero-order valence-electron chi connectivity index (χ0n) is 15.4. The highest BCUT2D eigenvalue weighted by molar-refractivity contribution is 5.80. The molecule has 0 radical (unpaired) electrons. The number of nitrogens with one attached hydrogen (secondary N) is 2. The van der Waals surface area contributed by atoms with E-state index in [9.17, 15) is 5.11 Å². The van der Waals surface area contributed by atoms with Crippen molar-refractivity contribution in [1.29, 1.82) is 0 Å². The van der Waals surface area contributed by atoms with E-state index in [-0.39, 0.29) is 0 Å². The van der Waals surface area contributed by atoms with E-state index < -0.39 is 5.60 Å². The standard InChI is InChI=1S/C21H29N3O2/c1-21(25,17-8-3-2-4-9-17)16-23-20(24-18-10-5-6-11-18)22-14-13-19-12-7-15-26-19/h2-4,7-9,12,15,18,25H,5-6,10-11,13-14,16H2,1H3,(H2,22,23,24). The van der Waals surface area contributed by atoms with Crippen molar-refractivity contribution in [1.82, 2.24) is 10.6 Å². The smallest absolute Gasteiger partial charge is 0.191 e. The highest BCUT2D eigenvalue weighted by Crippen LogP contribution is 2.21. The summed E-state index contributed by atoms with van der Waals surface area (Å²) in [5.41, 5.74) is -0.119. The number of furan rings is 1. The van der Waals surface area contributed by atoms with Gasteiger partial charge in [-0.05, 0) is 37.5 Å². The summed E-state index contributed by atoms with van der Waals surface area (Å²) in [6.45, 7) is 2.85. The van der Waals surface area contributed by atoms with Crippen molar-refractivity contribution in [2.24, 2.45) is 4.99 Å². The second-order valence-electron chi connectivity index (χ2n) is 7.19. The van der Waals surface area contributed by atoms with Gasteiger partial charge in [0, 0.05) is 19.0 Å². The third-order valence-corrected chi connectivity index (χ3v) is 4.88. The summed E-state index contributed by atoms with van der Waals surface area (Å²) in [6, 6.07) is 14.0. The lowest BCUT2D eigenvalue weighted by Crippen LogP contribution is -2.44. The molecule has 0 aliphatic heterocycles. The van der Waals surface area contributed by atoms with E-state index in [2.05, 4.69) is 15.6 Å². The Labute approximate surface area is 155 Å². The molecule has 1 fully saturated rings. The van der Waals surface area contributed by atoms with Gasteiger partial charge >= 0.3 is 0 Å². The molecule has 5 heteroatoms. The lowest BCUT2D eigenvalue weighted by molar-refractivity contribution is 0.0672. The Hall–Kier alpha value is -2.27. The molecule has 1 aliphatic carbocycles. The van der Waals surface area contributed by atoms with Gasteiger partial charge in [0.05, 0.1) is 12.8 Å². The van der Waals surface area contributed by atoms with Crippen LogP contribution in [0.4, 0.5) is 0 Å². The van der Waals surface area contributed by atoms with E-state index in [1.165, 1.54) is 25.7 Å². The molecule has 1 heterocycles. The monoisotopic (exact) mass is 355 g/mol. The average molecular weight is 355 g/mol. The number of hydrogen-bond acceptors (Lipinski definition) is 3. The van der Waals surface area contributed by atoms with Crippen LogP contribution in [0.5, 0.6) is 0 Å². The van der Waals surface area contributed by atoms with Crippen molar-refractivity contribution in [3.05, 3.63) is 60.1 Å². The molecule has 1 saturated carbocycles. The molecule has 1 aliphatic rings. The number of rotatable bonds is 7. The minimum atomic E-state index is -0.993. The Bertz CT molecular complexity index is 675. The molecule has 0 bridgehead atoms. The number of benzene rings is 1. The molecular formula is C21H29N3O2. The summed E-state index contributed by atoms with van der Waals surface area (Å²) in [5, 5.41) is 17.7. The van der Waals surface area contributed by atoms with Gasteiger partial charge in [-0.15, -0.1) is 0 Å². The molecule has 5 nitrogen and oxygen atoms in total. The van der Waals surface area contributed by atoms with Crippen LogP contribution in [0.3, 0.4) is 0 Å². The summed E-state index contributed by atoms with van der Waals surface area (Å²) in [6.07, 6.45) is 7.37. The normalized spacial score (nSPS) is 17.8. The molecular weight excluding hydrogens is 326 g/mol. The van der Waals surface area contributed by atoms with Crippen LogP contribution in [0.25, 0.3) is 0 Å². The topological polar surface area (TPSA) is 69.8 Å². The molecule has 1 unspecified atom stereocenters. The van der Waals surface area contributed by atoms with E-state index in [1.54, 1.807) is 6.26 Å². The predicted molar refractivity (Wildman–Crippen MR) is 104 cm³/mol. The van der Waals surface area contributed by atoms with Crippen molar-refractivity contribution in [2.45, 2.75) is 50.7 Å². The predicted octanol–water partition coefficient (Wildman–Crippen LogP) is 3.21. The van der Waals surface area contributed by atoms with Crippen LogP contribution in [0, 0.1) is 0 Å². The third kappa shape index (κ3) is 5.36. The van der Waals surface area contributed by atoms with E-state index in [0.717, 1.165) is 30.2 Å². The molecule has 1 aromatic carbocycles. The van der Waals surface area contributed by atoms with Crippen LogP contribution in [0.15, 0.2) is 58.1 Å². The first-order valence-corrected chi connectivity index (χ1v) is 9.49. The minimum Gasteiger partial charge on any atom is -0.469 e. The number of hydrogen-bond donors (Lipinski definition) is 3. The lowest BCUT2D eigenvalue weighted by atomic mass is 9.96. The van der Waals surface area contributed by atoms with Crippen LogP contribution in [0.1, 0.15) is 43.9 Å². The zero-order chi connectivity index (χ0) is 18.2. The summed E-state index contributed by atoms with van der Waals surface area (Å²) in [5.74, 6) is 1.72. The average Bonchev–Trinajstić information content (AvgIpc) is 3.34. The highest BCUT2D eigenvalue weighted by atomic mass is 16.3. The minimum absolute atomic E-state index is 0.305. The molecule has 1 atom stereocenters. The van der Waals surface area contributed by atoms with Crippen molar-refractivity contribution in [3.8, 4) is 0 Å². The fourth-order valence-electron chi connectivity index (χ4n) is 3.30. The largest absolute Gasteiger partial charge is 0.469 e. The van der Waals surface area contributed by atoms with Gasteiger partial charge in [-0.3, -0.25) is 0 Å². The molecule has 0 spiro atoms. The molecule has 2 aromatic rings. The van der Waals surface area contributed by atoms with Gasteiger partial charge in [0.2, 0.25) is 0 Å². The lowest BCUT2D eigenvalue weighted by Gasteiger charge is -2.23. The Morgan fingerprint density at radius 2 is 1.96 bits per heavy atom. The zero-order valence-corrected chi connectivity index (χ0v) is 15.4. The number of aliphatic imine (C=N–C) groups is 1. The first kappa shape index (κ1) is 18.5. The van der Waals surface area contributed by atoms with Crippen LogP contribution < -0.4 is 10.6 Å². The summed E-state index contributed by atoms with van der Waals surface area (Å²) in [4.78, 5) is 4.67. The van der Waals surface area contributed by atoms with Crippen LogP contribution >= 0.6 is 0 Å². The van der Waals surface area contributed by atoms with E-state index in [0.29, 0.717) is 12.6 Å². The van der Waals surface area contributed by atoms with E-state index in [4.69, 9.17) is 4.42 Å². The van der Waals surface area contributed by atoms with Crippen molar-refractivity contribution in [3.63, 3.8) is 0 Å². The maximum absolute atomic E-state index is 10.8. The van der Waals surface area contributed by atoms with E-state index in [1.807, 2.05) is 49.4 Å². The van der Waals surface area contributed by atoms with Crippen molar-refractivity contribution < 1.29 is 9.52 Å². The third-order valence-electron chi connectivity index (χ3n) is 4.88. The van der Waals surface area contributed by atoms with Gasteiger partial charge < -0.3 is 20.2 Å². The number of aliphatic hydroxyl groups is 1. The first-order valence-electron chi connectivity index (χ1n) is 9.49. The quantitative estimate of drug-likeness (QED) is 0.527. The molecule has 140 valence electrons. The number of nitrogens with zero attached hydrogens (tertiary/aromatic N) is 1. The molecule has 26 heavy (non-hydrogen) atoms. The van der Waals surface area contributed by atoms with Crippen LogP contribution in [-0.4, -0.2) is 30.2 Å². The van der Waals surface area contributed by atoms with Gasteiger partial charge in [0.1, 0.15) is 11.4 Å². The Kier molecular flexibility index (Phi) is 6.34. The summed E-state index contributed by atoms with van der Waals surface area (Å²) >= 11 is 0. The highest BCUT2D eigenvalue weighted by Gasteiger charge is 2.23. The van der Waals surface area contributed by atoms with Gasteiger partial charge in [0.25, 0.3) is 0 Å². The van der Waals surface area contributed by atoms with E-state index >= 15 is 0 Å². The van der Waals surface area contributed by atoms with Gasteiger partial charge in [-0.2, -0.15) is 0 Å². The first-order chi connectivity index (χ1) is 12.6. The Balaban J connectivity index is 1.61. The van der Waals surface area contributed by atoms with Gasteiger partial charge in [-0.1, -0.05) is 43.2 Å². The number of guanidine groups is 1. The molecule has 3 rings (SSSR count). The van der Waals surface area contributed by atoms with Gasteiger partial charge in [-0.25, -0.2) is 4.99 Å². The van der Waals surface area contributed by atoms with Crippen molar-refractivity contribution in [2.75, 3.05) is 13.1 Å². The summed E-state index contributed by atoms with van der Waals surface area (Å²) in [7, 11) is 0. The molecule has 0 saturated heterocycles. The Morgan fingerprint density at radius 3 is 2.65 bits per heavy atom. The van der Waals surface area contributed by atoms with Crippen LogP contribution in [0.2, 0.25) is 0 Å². The maximum atomic E-state index is 10.8. The maximum Gasteiger partial charge on any atom is 0.191 e. The fraction of sp³-hybridized carbons (Fsp3) is 0.476. The Morgan fingerprint density at radius 1 is 1.19 bits per heavy atom. The summed E-state index contributed by atoms with van der Waals surface area (Å²) < 4.78 is 5.38. The fourth-order valence-corrected chi connectivity index (χ4v) is 3.30. The second-order valence-corrected chi connectivity index (χ2v) is 7.19. The molecule has 0 amide bonds. The van der Waals surface area contributed by atoms with Crippen molar-refractivity contribution >= 4 is 5.96 Å². The SMILES string of the molecule is CC(O)(CN=C(NCCc1ccco1)NC1CCCC1)c1ccccc1. The molecule has 1 aromatic heterocycles. The van der Waals surface area contributed by atoms with Crippen LogP contribution in [-0.2, 0) is 12.0 Å².